The highest BCUT2D eigenvalue weighted by Crippen LogP contribution is 2.26. The van der Waals surface area contributed by atoms with Gasteiger partial charge in [-0.3, -0.25) is 14.8 Å². The largest absolute Gasteiger partial charge is 0.396 e. The molecule has 0 spiro atoms. The Balaban J connectivity index is 1.76. The molecule has 2 aromatic heterocycles. The maximum absolute atomic E-state index is 13.4. The molecular formula is C23H25FN4O4. The highest BCUT2D eigenvalue weighted by molar-refractivity contribution is 6.08. The normalized spacial score (nSPS) is 16.4. The molecule has 1 atom stereocenters. The second-order valence-electron chi connectivity index (χ2n) is 8.15. The number of carbonyl (C=O) groups is 2. The Morgan fingerprint density at radius 1 is 1.28 bits per heavy atom. The van der Waals surface area contributed by atoms with Crippen molar-refractivity contribution in [1.82, 2.24) is 19.5 Å². The predicted octanol–water partition coefficient (Wildman–Crippen LogP) is 2.53. The van der Waals surface area contributed by atoms with Gasteiger partial charge in [-0.15, -0.1) is 0 Å². The number of aliphatic hydroxyl groups is 1. The molecule has 3 heterocycles. The van der Waals surface area contributed by atoms with Gasteiger partial charge < -0.3 is 14.6 Å². The predicted molar refractivity (Wildman–Crippen MR) is 115 cm³/mol. The van der Waals surface area contributed by atoms with Gasteiger partial charge in [-0.2, -0.15) is 0 Å². The number of likely N-dealkylation sites (tertiary alicyclic amines) is 1. The van der Waals surface area contributed by atoms with Gasteiger partial charge in [0.1, 0.15) is 11.5 Å². The van der Waals surface area contributed by atoms with E-state index in [1.54, 1.807) is 23.2 Å². The Morgan fingerprint density at radius 2 is 2.03 bits per heavy atom. The molecule has 2 amide bonds. The number of fused-ring (bicyclic) bond motifs is 1. The van der Waals surface area contributed by atoms with Gasteiger partial charge in [0.15, 0.2) is 0 Å². The molecule has 0 saturated carbocycles. The van der Waals surface area contributed by atoms with Crippen LogP contribution in [0.15, 0.2) is 42.7 Å². The number of pyridine rings is 1. The molecule has 0 radical (unpaired) electrons. The number of aromatic nitrogens is 2. The summed E-state index contributed by atoms with van der Waals surface area (Å²) in [5.41, 5.74) is 1.92. The highest BCUT2D eigenvalue weighted by atomic mass is 19.1. The van der Waals surface area contributed by atoms with E-state index < -0.39 is 5.91 Å². The van der Waals surface area contributed by atoms with Crippen LogP contribution in [0, 0.1) is 11.7 Å². The number of benzene rings is 1. The van der Waals surface area contributed by atoms with Crippen LogP contribution in [0.2, 0.25) is 0 Å². The summed E-state index contributed by atoms with van der Waals surface area (Å²) < 4.78 is 15.1. The molecule has 1 aromatic carbocycles. The quantitative estimate of drug-likeness (QED) is 0.469. The second-order valence-corrected chi connectivity index (χ2v) is 8.15. The van der Waals surface area contributed by atoms with Crippen molar-refractivity contribution in [1.29, 1.82) is 0 Å². The maximum Gasteiger partial charge on any atom is 0.295 e. The monoisotopic (exact) mass is 440 g/mol. The van der Waals surface area contributed by atoms with E-state index in [1.807, 2.05) is 4.57 Å². The van der Waals surface area contributed by atoms with Crippen molar-refractivity contribution < 1.29 is 24.3 Å². The maximum atomic E-state index is 13.4. The number of carbonyl (C=O) groups excluding carboxylic acids is 2. The summed E-state index contributed by atoms with van der Waals surface area (Å²) in [5, 5.41) is 20.0. The van der Waals surface area contributed by atoms with Gasteiger partial charge in [0.05, 0.1) is 17.3 Å². The van der Waals surface area contributed by atoms with Crippen molar-refractivity contribution in [2.75, 3.05) is 26.7 Å². The van der Waals surface area contributed by atoms with Gasteiger partial charge in [-0.05, 0) is 42.5 Å². The van der Waals surface area contributed by atoms with Crippen LogP contribution in [-0.2, 0) is 6.54 Å². The minimum Gasteiger partial charge on any atom is -0.396 e. The smallest absolute Gasteiger partial charge is 0.295 e. The van der Waals surface area contributed by atoms with Crippen molar-refractivity contribution in [3.05, 3.63) is 65.4 Å². The number of piperidine rings is 1. The number of hydroxylamine groups is 2. The van der Waals surface area contributed by atoms with E-state index in [4.69, 9.17) is 0 Å². The van der Waals surface area contributed by atoms with E-state index in [9.17, 15) is 24.3 Å². The third-order valence-corrected chi connectivity index (χ3v) is 5.84. The van der Waals surface area contributed by atoms with Crippen molar-refractivity contribution in [2.24, 2.45) is 5.92 Å². The lowest BCUT2D eigenvalue weighted by Gasteiger charge is -2.31. The standard InChI is InChI=1S/C23H25FN4O4/c1-26(32)23(31)20-9-18-19(22(30)27-8-2-3-16(12-27)14-29)13-28(21(18)10-25-20)11-15-4-6-17(24)7-5-15/h4-7,9-10,13,16,29,32H,2-3,8,11-12,14H2,1H3. The molecule has 1 fully saturated rings. The summed E-state index contributed by atoms with van der Waals surface area (Å²) in [6.07, 6.45) is 4.90. The first kappa shape index (κ1) is 21.9. The van der Waals surface area contributed by atoms with Crippen LogP contribution in [0.3, 0.4) is 0 Å². The molecular weight excluding hydrogens is 415 g/mol. The number of halogens is 1. The molecule has 1 aliphatic heterocycles. The first-order valence-corrected chi connectivity index (χ1v) is 10.5. The minimum atomic E-state index is -0.685. The van der Waals surface area contributed by atoms with Gasteiger partial charge in [-0.1, -0.05) is 12.1 Å². The summed E-state index contributed by atoms with van der Waals surface area (Å²) in [5.74, 6) is -1.16. The van der Waals surface area contributed by atoms with Crippen molar-refractivity contribution in [3.63, 3.8) is 0 Å². The number of hydrogen-bond donors (Lipinski definition) is 2. The number of hydrogen-bond acceptors (Lipinski definition) is 5. The molecule has 1 saturated heterocycles. The van der Waals surface area contributed by atoms with Gasteiger partial charge >= 0.3 is 0 Å². The lowest BCUT2D eigenvalue weighted by atomic mass is 9.98. The van der Waals surface area contributed by atoms with Crippen LogP contribution in [-0.4, -0.2) is 68.4 Å². The molecule has 32 heavy (non-hydrogen) atoms. The van der Waals surface area contributed by atoms with Crippen molar-refractivity contribution in [3.8, 4) is 0 Å². The van der Waals surface area contributed by atoms with Gasteiger partial charge in [-0.25, -0.2) is 14.4 Å². The van der Waals surface area contributed by atoms with Crippen LogP contribution in [0.1, 0.15) is 39.3 Å². The third kappa shape index (κ3) is 4.35. The fourth-order valence-electron chi connectivity index (χ4n) is 4.13. The summed E-state index contributed by atoms with van der Waals surface area (Å²) in [6, 6.07) is 7.60. The zero-order valence-electron chi connectivity index (χ0n) is 17.7. The van der Waals surface area contributed by atoms with Crippen LogP contribution >= 0.6 is 0 Å². The number of rotatable bonds is 5. The molecule has 1 unspecified atom stereocenters. The van der Waals surface area contributed by atoms with Crippen LogP contribution < -0.4 is 0 Å². The molecule has 8 nitrogen and oxygen atoms in total. The first-order chi connectivity index (χ1) is 15.4. The van der Waals surface area contributed by atoms with E-state index in [0.29, 0.717) is 41.2 Å². The van der Waals surface area contributed by atoms with Gasteiger partial charge in [0.25, 0.3) is 11.8 Å². The molecule has 168 valence electrons. The topological polar surface area (TPSA) is 98.9 Å². The van der Waals surface area contributed by atoms with E-state index in [2.05, 4.69) is 4.98 Å². The lowest BCUT2D eigenvalue weighted by Crippen LogP contribution is -2.40. The zero-order chi connectivity index (χ0) is 22.8. The summed E-state index contributed by atoms with van der Waals surface area (Å²) in [6.45, 7) is 1.48. The second kappa shape index (κ2) is 9.05. The molecule has 0 aliphatic carbocycles. The van der Waals surface area contributed by atoms with Gasteiger partial charge in [0.2, 0.25) is 0 Å². The SMILES string of the molecule is CN(O)C(=O)c1cc2c(C(=O)N3CCCC(CO)C3)cn(Cc3ccc(F)cc3)c2cn1. The lowest BCUT2D eigenvalue weighted by molar-refractivity contribution is -0.0379. The van der Waals surface area contributed by atoms with Gasteiger partial charge in [0, 0.05) is 44.9 Å². The fourth-order valence-corrected chi connectivity index (χ4v) is 4.13. The van der Waals surface area contributed by atoms with E-state index in [0.717, 1.165) is 18.4 Å². The molecule has 1 aliphatic rings. The average molecular weight is 440 g/mol. The van der Waals surface area contributed by atoms with Crippen LogP contribution in [0.4, 0.5) is 4.39 Å². The Labute approximate surface area is 184 Å². The summed E-state index contributed by atoms with van der Waals surface area (Å²) in [7, 11) is 1.21. The average Bonchev–Trinajstić information content (AvgIpc) is 3.17. The van der Waals surface area contributed by atoms with E-state index in [-0.39, 0.29) is 29.9 Å². The Hall–Kier alpha value is -3.30. The van der Waals surface area contributed by atoms with Crippen molar-refractivity contribution >= 4 is 22.7 Å². The van der Waals surface area contributed by atoms with Crippen molar-refractivity contribution in [2.45, 2.75) is 19.4 Å². The van der Waals surface area contributed by atoms with Crippen LogP contribution in [0.5, 0.6) is 0 Å². The molecule has 3 aromatic rings. The molecule has 9 heteroatoms. The van der Waals surface area contributed by atoms with E-state index in [1.165, 1.54) is 31.4 Å². The molecule has 0 bridgehead atoms. The summed E-state index contributed by atoms with van der Waals surface area (Å²) in [4.78, 5) is 31.5. The molecule has 2 N–H and O–H groups in total. The number of nitrogens with zero attached hydrogens (tertiary/aromatic N) is 4. The number of aliphatic hydroxyl groups excluding tert-OH is 1. The highest BCUT2D eigenvalue weighted by Gasteiger charge is 2.27. The fraction of sp³-hybridized carbons (Fsp3) is 0.348. The summed E-state index contributed by atoms with van der Waals surface area (Å²) >= 11 is 0. The Bertz CT molecular complexity index is 1140. The Morgan fingerprint density at radius 3 is 2.72 bits per heavy atom. The third-order valence-electron chi connectivity index (χ3n) is 5.84. The zero-order valence-corrected chi connectivity index (χ0v) is 17.7. The minimum absolute atomic E-state index is 0.0166. The van der Waals surface area contributed by atoms with E-state index >= 15 is 0 Å². The van der Waals surface area contributed by atoms with Crippen LogP contribution in [0.25, 0.3) is 10.9 Å². The Kier molecular flexibility index (Phi) is 6.20. The number of amides is 2. The first-order valence-electron chi connectivity index (χ1n) is 10.5. The molecule has 4 rings (SSSR count).